The number of ether oxygens (including phenoxy) is 1. The molecule has 0 aromatic heterocycles. The molecule has 1 aromatic carbocycles. The molecule has 136 valence electrons. The Morgan fingerprint density at radius 2 is 2.04 bits per heavy atom. The molecule has 0 saturated carbocycles. The van der Waals surface area contributed by atoms with Gasteiger partial charge in [0.15, 0.2) is 0 Å². The third-order valence-corrected chi connectivity index (χ3v) is 3.83. The molecule has 1 aliphatic rings. The molecule has 2 atom stereocenters. The largest absolute Gasteiger partial charge is 0.485 e. The van der Waals surface area contributed by atoms with Crippen molar-refractivity contribution >= 4 is 11.9 Å². The Hall–Kier alpha value is -2.83. The number of nitrogens with one attached hydrogen (secondary N) is 2. The second kappa shape index (κ2) is 7.38. The van der Waals surface area contributed by atoms with E-state index in [1.165, 1.54) is 20.0 Å². The average molecular weight is 350 g/mol. The number of hydrazine groups is 1. The number of carbonyl (C=O) groups excluding carboxylic acids is 2. The molecule has 0 radical (unpaired) electrons. The van der Waals surface area contributed by atoms with E-state index in [4.69, 9.17) is 10.00 Å². The van der Waals surface area contributed by atoms with Crippen LogP contribution in [0, 0.1) is 11.3 Å². The van der Waals surface area contributed by atoms with Gasteiger partial charge in [0.2, 0.25) is 5.91 Å². The normalized spacial score (nSPS) is 20.0. The lowest BCUT2D eigenvalue weighted by atomic mass is 9.85. The summed E-state index contributed by atoms with van der Waals surface area (Å²) in [6.07, 6.45) is -1.14. The van der Waals surface area contributed by atoms with Crippen LogP contribution in [0.4, 0.5) is 4.79 Å². The van der Waals surface area contributed by atoms with Crippen LogP contribution < -0.4 is 15.5 Å². The summed E-state index contributed by atoms with van der Waals surface area (Å²) in [5, 5.41) is 23.3. The zero-order valence-electron chi connectivity index (χ0n) is 14.5. The SMILES string of the molecule is CNC(=O)N(NC(C)=O)C1c2cc(C#N)ccc2OC(C)(C)C1O.O. The number of carbonyl (C=O) groups is 2. The summed E-state index contributed by atoms with van der Waals surface area (Å²) >= 11 is 0. The Labute approximate surface area is 145 Å². The van der Waals surface area contributed by atoms with Crippen molar-refractivity contribution in [3.63, 3.8) is 0 Å². The van der Waals surface area contributed by atoms with Crippen LogP contribution >= 0.6 is 0 Å². The van der Waals surface area contributed by atoms with Gasteiger partial charge in [0.05, 0.1) is 11.6 Å². The Bertz CT molecular complexity index is 713. The number of nitriles is 1. The van der Waals surface area contributed by atoms with Gasteiger partial charge >= 0.3 is 6.03 Å². The lowest BCUT2D eigenvalue weighted by molar-refractivity contribution is -0.129. The van der Waals surface area contributed by atoms with Crippen LogP contribution in [0.25, 0.3) is 0 Å². The monoisotopic (exact) mass is 350 g/mol. The van der Waals surface area contributed by atoms with Gasteiger partial charge in [0.25, 0.3) is 0 Å². The summed E-state index contributed by atoms with van der Waals surface area (Å²) in [7, 11) is 1.42. The average Bonchev–Trinajstić information content (AvgIpc) is 2.53. The van der Waals surface area contributed by atoms with Gasteiger partial charge in [0, 0.05) is 19.5 Å². The number of amides is 3. The van der Waals surface area contributed by atoms with Crippen LogP contribution in [0.1, 0.15) is 37.9 Å². The van der Waals surface area contributed by atoms with Crippen molar-refractivity contribution in [2.24, 2.45) is 0 Å². The topological polar surface area (TPSA) is 146 Å². The maximum atomic E-state index is 12.3. The molecular formula is C16H22N4O5. The molecule has 0 fully saturated rings. The first kappa shape index (κ1) is 20.2. The standard InChI is InChI=1S/C16H20N4O4.H2O/c1-9(21)19-20(15(23)18-4)13-11-7-10(8-17)5-6-12(11)24-16(2,3)14(13)22;/h5-7,13-14,22H,1-4H3,(H,18,23)(H,19,21);1H2. The van der Waals surface area contributed by atoms with E-state index in [0.29, 0.717) is 16.9 Å². The number of nitrogens with zero attached hydrogens (tertiary/aromatic N) is 2. The third-order valence-electron chi connectivity index (χ3n) is 3.83. The van der Waals surface area contributed by atoms with Gasteiger partial charge in [-0.2, -0.15) is 5.26 Å². The second-order valence-electron chi connectivity index (χ2n) is 6.05. The first-order valence-corrected chi connectivity index (χ1v) is 7.40. The smallest absolute Gasteiger partial charge is 0.336 e. The fourth-order valence-electron chi connectivity index (χ4n) is 2.65. The van der Waals surface area contributed by atoms with Crippen molar-refractivity contribution in [3.05, 3.63) is 29.3 Å². The molecule has 2 rings (SSSR count). The summed E-state index contributed by atoms with van der Waals surface area (Å²) in [4.78, 5) is 23.8. The van der Waals surface area contributed by atoms with Crippen molar-refractivity contribution in [1.82, 2.24) is 15.8 Å². The predicted molar refractivity (Wildman–Crippen MR) is 88.3 cm³/mol. The fourth-order valence-corrected chi connectivity index (χ4v) is 2.65. The van der Waals surface area contributed by atoms with E-state index in [1.54, 1.807) is 26.0 Å². The molecule has 0 aliphatic carbocycles. The second-order valence-corrected chi connectivity index (χ2v) is 6.05. The molecule has 0 spiro atoms. The Kier molecular flexibility index (Phi) is 5.96. The molecule has 1 heterocycles. The quantitative estimate of drug-likeness (QED) is 0.610. The molecule has 5 N–H and O–H groups in total. The van der Waals surface area contributed by atoms with Crippen molar-refractivity contribution < 1.29 is 24.9 Å². The summed E-state index contributed by atoms with van der Waals surface area (Å²) in [6, 6.07) is 5.24. The van der Waals surface area contributed by atoms with E-state index < -0.39 is 29.7 Å². The molecule has 9 nitrogen and oxygen atoms in total. The molecule has 3 amide bonds. The third kappa shape index (κ3) is 3.81. The van der Waals surface area contributed by atoms with Crippen molar-refractivity contribution in [1.29, 1.82) is 5.26 Å². The summed E-state index contributed by atoms with van der Waals surface area (Å²) < 4.78 is 5.80. The number of rotatable bonds is 1. The molecule has 9 heteroatoms. The minimum absolute atomic E-state index is 0. The van der Waals surface area contributed by atoms with E-state index in [2.05, 4.69) is 10.7 Å². The Balaban J connectivity index is 0.00000312. The number of fused-ring (bicyclic) bond motifs is 1. The van der Waals surface area contributed by atoms with E-state index in [1.807, 2.05) is 6.07 Å². The summed E-state index contributed by atoms with van der Waals surface area (Å²) in [6.45, 7) is 4.63. The van der Waals surface area contributed by atoms with E-state index in [9.17, 15) is 14.7 Å². The van der Waals surface area contributed by atoms with Crippen molar-refractivity contribution in [2.45, 2.75) is 38.5 Å². The Morgan fingerprint density at radius 3 is 2.56 bits per heavy atom. The molecular weight excluding hydrogens is 328 g/mol. The van der Waals surface area contributed by atoms with Gasteiger partial charge in [-0.25, -0.2) is 9.80 Å². The molecule has 1 aliphatic heterocycles. The highest BCUT2D eigenvalue weighted by Crippen LogP contribution is 2.42. The zero-order chi connectivity index (χ0) is 18.1. The molecule has 2 unspecified atom stereocenters. The first-order valence-electron chi connectivity index (χ1n) is 7.40. The van der Waals surface area contributed by atoms with Gasteiger partial charge in [0.1, 0.15) is 23.5 Å². The van der Waals surface area contributed by atoms with Crippen LogP contribution in [0.15, 0.2) is 18.2 Å². The van der Waals surface area contributed by atoms with Crippen LogP contribution in [0.3, 0.4) is 0 Å². The zero-order valence-corrected chi connectivity index (χ0v) is 14.5. The number of aliphatic hydroxyl groups is 1. The maximum absolute atomic E-state index is 12.3. The number of benzene rings is 1. The highest BCUT2D eigenvalue weighted by Gasteiger charge is 2.47. The fraction of sp³-hybridized carbons (Fsp3) is 0.438. The molecule has 25 heavy (non-hydrogen) atoms. The Morgan fingerprint density at radius 1 is 1.40 bits per heavy atom. The lowest BCUT2D eigenvalue weighted by Gasteiger charge is -2.45. The highest BCUT2D eigenvalue weighted by molar-refractivity contribution is 5.80. The van der Waals surface area contributed by atoms with E-state index in [-0.39, 0.29) is 5.48 Å². The van der Waals surface area contributed by atoms with Gasteiger partial charge in [-0.3, -0.25) is 10.2 Å². The van der Waals surface area contributed by atoms with Crippen LogP contribution in [-0.2, 0) is 4.79 Å². The lowest BCUT2D eigenvalue weighted by Crippen LogP contribution is -2.60. The minimum Gasteiger partial charge on any atom is -0.485 e. The van der Waals surface area contributed by atoms with Gasteiger partial charge in [-0.05, 0) is 32.0 Å². The first-order chi connectivity index (χ1) is 11.2. The highest BCUT2D eigenvalue weighted by atomic mass is 16.5. The summed E-state index contributed by atoms with van der Waals surface area (Å²) in [5.41, 5.74) is 2.23. The van der Waals surface area contributed by atoms with E-state index in [0.717, 1.165) is 5.01 Å². The number of hydrogen-bond acceptors (Lipinski definition) is 5. The van der Waals surface area contributed by atoms with Crippen LogP contribution in [-0.4, -0.2) is 46.3 Å². The van der Waals surface area contributed by atoms with Crippen molar-refractivity contribution in [2.75, 3.05) is 7.05 Å². The van der Waals surface area contributed by atoms with E-state index >= 15 is 0 Å². The summed E-state index contributed by atoms with van der Waals surface area (Å²) in [5.74, 6) is -0.0263. The molecule has 0 saturated heterocycles. The van der Waals surface area contributed by atoms with Gasteiger partial charge < -0.3 is 20.6 Å². The number of hydrogen-bond donors (Lipinski definition) is 3. The van der Waals surface area contributed by atoms with Crippen LogP contribution in [0.5, 0.6) is 5.75 Å². The van der Waals surface area contributed by atoms with Crippen LogP contribution in [0.2, 0.25) is 0 Å². The molecule has 1 aromatic rings. The maximum Gasteiger partial charge on any atom is 0.336 e. The number of aliphatic hydroxyl groups excluding tert-OH is 1. The van der Waals surface area contributed by atoms with Gasteiger partial charge in [-0.15, -0.1) is 0 Å². The number of urea groups is 1. The molecule has 0 bridgehead atoms. The predicted octanol–water partition coefficient (Wildman–Crippen LogP) is -0.000920. The minimum atomic E-state index is -1.14. The van der Waals surface area contributed by atoms with Crippen molar-refractivity contribution in [3.8, 4) is 11.8 Å². The van der Waals surface area contributed by atoms with Gasteiger partial charge in [-0.1, -0.05) is 0 Å².